The van der Waals surface area contributed by atoms with Crippen LogP contribution in [0.5, 0.6) is 0 Å². The second kappa shape index (κ2) is 2.20. The lowest BCUT2D eigenvalue weighted by Gasteiger charge is -1.82. The van der Waals surface area contributed by atoms with Crippen LogP contribution in [0.15, 0.2) is 35.4 Å². The largest absolute Gasteiger partial charge is 0.329 e. The fourth-order valence-electron chi connectivity index (χ4n) is 1.01. The van der Waals surface area contributed by atoms with Crippen molar-refractivity contribution in [3.05, 3.63) is 40.9 Å². The zero-order valence-corrected chi connectivity index (χ0v) is 5.74. The van der Waals surface area contributed by atoms with Crippen molar-refractivity contribution in [1.29, 1.82) is 0 Å². The van der Waals surface area contributed by atoms with Gasteiger partial charge in [0.2, 0.25) is 0 Å². The number of aromatic nitrogens is 2. The van der Waals surface area contributed by atoms with Gasteiger partial charge in [0.25, 0.3) is 5.56 Å². The molecule has 0 saturated carbocycles. The molecule has 0 fully saturated rings. The second-order valence-electron chi connectivity index (χ2n) is 2.24. The SMILES string of the molecule is O=c1[nH]cccc2nccc1-2. The van der Waals surface area contributed by atoms with Crippen LogP contribution in [0.1, 0.15) is 0 Å². The number of aromatic amines is 1. The molecule has 0 spiro atoms. The lowest BCUT2D eigenvalue weighted by Crippen LogP contribution is -2.02. The number of nitrogens with zero attached hydrogens (tertiary/aromatic N) is 1. The summed E-state index contributed by atoms with van der Waals surface area (Å²) in [6.07, 6.45) is 3.23. The number of fused-ring (bicyclic) bond motifs is 1. The number of rotatable bonds is 0. The molecule has 0 aromatic heterocycles. The molecule has 0 aliphatic carbocycles. The fraction of sp³-hybridized carbons (Fsp3) is 0. The highest BCUT2D eigenvalue weighted by molar-refractivity contribution is 5.58. The molecule has 0 aromatic rings. The van der Waals surface area contributed by atoms with Crippen molar-refractivity contribution in [2.24, 2.45) is 0 Å². The van der Waals surface area contributed by atoms with E-state index in [-0.39, 0.29) is 5.56 Å². The van der Waals surface area contributed by atoms with Gasteiger partial charge in [0, 0.05) is 12.4 Å². The summed E-state index contributed by atoms with van der Waals surface area (Å²) in [6.45, 7) is 0. The summed E-state index contributed by atoms with van der Waals surface area (Å²) in [5, 5.41) is 0. The topological polar surface area (TPSA) is 45.8 Å². The van der Waals surface area contributed by atoms with E-state index in [2.05, 4.69) is 9.97 Å². The average molecular weight is 146 g/mol. The van der Waals surface area contributed by atoms with Crippen molar-refractivity contribution < 1.29 is 0 Å². The molecule has 3 heteroatoms. The zero-order chi connectivity index (χ0) is 7.68. The monoisotopic (exact) mass is 146 g/mol. The normalized spacial score (nSPS) is 10.2. The summed E-state index contributed by atoms with van der Waals surface area (Å²) < 4.78 is 0. The van der Waals surface area contributed by atoms with Gasteiger partial charge in [0.05, 0.1) is 11.3 Å². The molecule has 0 aromatic carbocycles. The predicted molar refractivity (Wildman–Crippen MR) is 41.5 cm³/mol. The Morgan fingerprint density at radius 1 is 1.36 bits per heavy atom. The minimum Gasteiger partial charge on any atom is -0.329 e. The van der Waals surface area contributed by atoms with Crippen LogP contribution in [-0.2, 0) is 0 Å². The summed E-state index contributed by atoms with van der Waals surface area (Å²) in [5.41, 5.74) is 1.27. The van der Waals surface area contributed by atoms with Crippen LogP contribution in [0.3, 0.4) is 0 Å². The third-order valence-corrected chi connectivity index (χ3v) is 1.54. The van der Waals surface area contributed by atoms with Gasteiger partial charge in [-0.1, -0.05) is 0 Å². The second-order valence-corrected chi connectivity index (χ2v) is 2.24. The van der Waals surface area contributed by atoms with Gasteiger partial charge in [0.15, 0.2) is 0 Å². The van der Waals surface area contributed by atoms with Crippen LogP contribution in [0, 0.1) is 0 Å². The van der Waals surface area contributed by atoms with Crippen molar-refractivity contribution in [2.75, 3.05) is 0 Å². The molecule has 11 heavy (non-hydrogen) atoms. The molecule has 0 amide bonds. The maximum absolute atomic E-state index is 11.1. The first-order valence-corrected chi connectivity index (χ1v) is 3.30. The van der Waals surface area contributed by atoms with E-state index >= 15 is 0 Å². The molecule has 0 atom stereocenters. The minimum absolute atomic E-state index is 0.0949. The van der Waals surface area contributed by atoms with Crippen molar-refractivity contribution in [1.82, 2.24) is 9.97 Å². The van der Waals surface area contributed by atoms with E-state index in [1.54, 1.807) is 30.6 Å². The predicted octanol–water partition coefficient (Wildman–Crippen LogP) is 0.875. The number of hydrogen-bond donors (Lipinski definition) is 1. The van der Waals surface area contributed by atoms with E-state index in [9.17, 15) is 4.79 Å². The van der Waals surface area contributed by atoms with Crippen molar-refractivity contribution in [3.8, 4) is 11.3 Å². The quantitative estimate of drug-likeness (QED) is 0.599. The lowest BCUT2D eigenvalue weighted by molar-refractivity contribution is 1.28. The fourth-order valence-corrected chi connectivity index (χ4v) is 1.01. The minimum atomic E-state index is -0.0949. The van der Waals surface area contributed by atoms with Gasteiger partial charge in [-0.2, -0.15) is 0 Å². The van der Waals surface area contributed by atoms with E-state index in [1.807, 2.05) is 0 Å². The van der Waals surface area contributed by atoms with Crippen LogP contribution in [0.4, 0.5) is 0 Å². The third-order valence-electron chi connectivity index (χ3n) is 1.54. The first-order valence-electron chi connectivity index (χ1n) is 3.30. The van der Waals surface area contributed by atoms with E-state index in [1.165, 1.54) is 0 Å². The Labute approximate surface area is 63.1 Å². The molecule has 54 valence electrons. The molecule has 2 heterocycles. The van der Waals surface area contributed by atoms with E-state index in [0.717, 1.165) is 5.69 Å². The van der Waals surface area contributed by atoms with Gasteiger partial charge in [0.1, 0.15) is 0 Å². The maximum Gasteiger partial charge on any atom is 0.257 e. The summed E-state index contributed by atoms with van der Waals surface area (Å²) in [6, 6.07) is 5.26. The Morgan fingerprint density at radius 2 is 2.27 bits per heavy atom. The Kier molecular flexibility index (Phi) is 1.22. The van der Waals surface area contributed by atoms with Gasteiger partial charge in [-0.3, -0.25) is 9.78 Å². The molecular formula is C8H6N2O. The average Bonchev–Trinajstić information content (AvgIpc) is 2.40. The molecule has 2 aliphatic rings. The van der Waals surface area contributed by atoms with Gasteiger partial charge in [-0.15, -0.1) is 0 Å². The van der Waals surface area contributed by atoms with E-state index in [0.29, 0.717) is 5.56 Å². The van der Waals surface area contributed by atoms with E-state index < -0.39 is 0 Å². The molecule has 1 N–H and O–H groups in total. The van der Waals surface area contributed by atoms with Crippen LogP contribution >= 0.6 is 0 Å². The Bertz CT molecular complexity index is 394. The Hall–Kier alpha value is -1.64. The highest BCUT2D eigenvalue weighted by Gasteiger charge is 2.03. The van der Waals surface area contributed by atoms with Crippen LogP contribution < -0.4 is 5.56 Å². The van der Waals surface area contributed by atoms with E-state index in [4.69, 9.17) is 0 Å². The van der Waals surface area contributed by atoms with Crippen molar-refractivity contribution in [2.45, 2.75) is 0 Å². The maximum atomic E-state index is 11.1. The highest BCUT2D eigenvalue weighted by atomic mass is 16.1. The molecule has 3 nitrogen and oxygen atoms in total. The number of nitrogens with one attached hydrogen (secondary N) is 1. The Morgan fingerprint density at radius 3 is 3.18 bits per heavy atom. The molecule has 0 unspecified atom stereocenters. The Balaban J connectivity index is 2.89. The smallest absolute Gasteiger partial charge is 0.257 e. The molecule has 0 bridgehead atoms. The molecule has 0 saturated heterocycles. The molecule has 2 aliphatic heterocycles. The zero-order valence-electron chi connectivity index (χ0n) is 5.74. The lowest BCUT2D eigenvalue weighted by atomic mass is 10.2. The third kappa shape index (κ3) is 0.902. The highest BCUT2D eigenvalue weighted by Crippen LogP contribution is 2.11. The summed E-state index contributed by atoms with van der Waals surface area (Å²) >= 11 is 0. The van der Waals surface area contributed by atoms with Crippen LogP contribution in [0.25, 0.3) is 11.3 Å². The van der Waals surface area contributed by atoms with Crippen LogP contribution in [-0.4, -0.2) is 9.97 Å². The number of hydrogen-bond acceptors (Lipinski definition) is 2. The summed E-state index contributed by atoms with van der Waals surface area (Å²) in [4.78, 5) is 17.7. The van der Waals surface area contributed by atoms with Gasteiger partial charge in [-0.05, 0) is 18.2 Å². The van der Waals surface area contributed by atoms with Crippen molar-refractivity contribution >= 4 is 0 Å². The van der Waals surface area contributed by atoms with Gasteiger partial charge >= 0.3 is 0 Å². The van der Waals surface area contributed by atoms with Gasteiger partial charge in [-0.25, -0.2) is 0 Å². The van der Waals surface area contributed by atoms with Crippen LogP contribution in [0.2, 0.25) is 0 Å². The van der Waals surface area contributed by atoms with Crippen molar-refractivity contribution in [3.63, 3.8) is 0 Å². The first kappa shape index (κ1) is 6.09. The summed E-state index contributed by atoms with van der Waals surface area (Å²) in [5.74, 6) is 0. The molecule has 0 radical (unpaired) electrons. The van der Waals surface area contributed by atoms with Gasteiger partial charge < -0.3 is 4.98 Å². The molecule has 2 rings (SSSR count). The number of H-pyrrole nitrogens is 1. The first-order chi connectivity index (χ1) is 5.38. The summed E-state index contributed by atoms with van der Waals surface area (Å²) in [7, 11) is 0. The standard InChI is InChI=1S/C8H6N2O/c11-8-6-3-5-9-7(6)2-1-4-10-8/h1-5H,(H,10,11). The molecular weight excluding hydrogens is 140 g/mol.